The Morgan fingerprint density at radius 1 is 1.33 bits per heavy atom. The Hall–Kier alpha value is -1.55. The summed E-state index contributed by atoms with van der Waals surface area (Å²) in [5, 5.41) is 21.6. The molecular weight excluding hydrogens is 230 g/mol. The standard InChI is InChI=1S/C14H21NO3/c1-10(7-11(2)16)9-15-14(18)8-12-5-3-4-6-13(12)17/h3-6,10-11,16-17H,7-9H2,1-2H3,(H,15,18)/t10-,11-/m0/s1. The van der Waals surface area contributed by atoms with Crippen molar-refractivity contribution in [3.8, 4) is 5.75 Å². The normalized spacial score (nSPS) is 13.9. The van der Waals surface area contributed by atoms with Gasteiger partial charge in [0.05, 0.1) is 12.5 Å². The summed E-state index contributed by atoms with van der Waals surface area (Å²) < 4.78 is 0. The van der Waals surface area contributed by atoms with Crippen LogP contribution in [0.4, 0.5) is 0 Å². The van der Waals surface area contributed by atoms with E-state index in [4.69, 9.17) is 0 Å². The lowest BCUT2D eigenvalue weighted by molar-refractivity contribution is -0.120. The summed E-state index contributed by atoms with van der Waals surface area (Å²) in [5.41, 5.74) is 0.623. The van der Waals surface area contributed by atoms with Crippen LogP contribution in [0.1, 0.15) is 25.8 Å². The highest BCUT2D eigenvalue weighted by atomic mass is 16.3. The molecule has 0 spiro atoms. The number of hydrogen-bond acceptors (Lipinski definition) is 3. The average Bonchev–Trinajstić information content (AvgIpc) is 2.29. The maximum atomic E-state index is 11.7. The lowest BCUT2D eigenvalue weighted by Gasteiger charge is -2.14. The molecular formula is C14H21NO3. The summed E-state index contributed by atoms with van der Waals surface area (Å²) in [5.74, 6) is 0.261. The molecule has 100 valence electrons. The van der Waals surface area contributed by atoms with Crippen LogP contribution in [0.15, 0.2) is 24.3 Å². The van der Waals surface area contributed by atoms with Crippen molar-refractivity contribution in [2.45, 2.75) is 32.8 Å². The van der Waals surface area contributed by atoms with Gasteiger partial charge in [-0.3, -0.25) is 4.79 Å². The number of carbonyl (C=O) groups excluding carboxylic acids is 1. The largest absolute Gasteiger partial charge is 0.508 e. The molecule has 2 atom stereocenters. The quantitative estimate of drug-likeness (QED) is 0.717. The highest BCUT2D eigenvalue weighted by Gasteiger charge is 2.10. The van der Waals surface area contributed by atoms with Crippen LogP contribution in [-0.4, -0.2) is 28.8 Å². The summed E-state index contributed by atoms with van der Waals surface area (Å²) in [4.78, 5) is 11.7. The Morgan fingerprint density at radius 2 is 2.00 bits per heavy atom. The second-order valence-corrected chi connectivity index (χ2v) is 4.80. The number of phenols is 1. The molecule has 0 radical (unpaired) electrons. The van der Waals surface area contributed by atoms with Crippen molar-refractivity contribution in [2.24, 2.45) is 5.92 Å². The monoisotopic (exact) mass is 251 g/mol. The van der Waals surface area contributed by atoms with Crippen LogP contribution >= 0.6 is 0 Å². The molecule has 0 heterocycles. The van der Waals surface area contributed by atoms with Crippen LogP contribution in [-0.2, 0) is 11.2 Å². The van der Waals surface area contributed by atoms with Crippen LogP contribution in [0.2, 0.25) is 0 Å². The van der Waals surface area contributed by atoms with Gasteiger partial charge >= 0.3 is 0 Å². The lowest BCUT2D eigenvalue weighted by atomic mass is 10.0. The molecule has 3 N–H and O–H groups in total. The molecule has 1 amide bonds. The van der Waals surface area contributed by atoms with Crippen molar-refractivity contribution in [3.63, 3.8) is 0 Å². The third kappa shape index (κ3) is 5.19. The van der Waals surface area contributed by atoms with Crippen molar-refractivity contribution in [2.75, 3.05) is 6.54 Å². The van der Waals surface area contributed by atoms with Crippen molar-refractivity contribution >= 4 is 5.91 Å². The second-order valence-electron chi connectivity index (χ2n) is 4.80. The maximum absolute atomic E-state index is 11.7. The number of hydrogen-bond donors (Lipinski definition) is 3. The average molecular weight is 251 g/mol. The molecule has 1 aromatic rings. The minimum atomic E-state index is -0.352. The highest BCUT2D eigenvalue weighted by Crippen LogP contribution is 2.15. The van der Waals surface area contributed by atoms with Gasteiger partial charge in [-0.15, -0.1) is 0 Å². The van der Waals surface area contributed by atoms with Crippen molar-refractivity contribution < 1.29 is 15.0 Å². The molecule has 0 unspecified atom stereocenters. The van der Waals surface area contributed by atoms with Gasteiger partial charge in [-0.25, -0.2) is 0 Å². The fraction of sp³-hybridized carbons (Fsp3) is 0.500. The Labute approximate surface area is 108 Å². The zero-order valence-corrected chi connectivity index (χ0v) is 10.9. The van der Waals surface area contributed by atoms with Crippen molar-refractivity contribution in [1.82, 2.24) is 5.32 Å². The van der Waals surface area contributed by atoms with Crippen molar-refractivity contribution in [1.29, 1.82) is 0 Å². The van der Waals surface area contributed by atoms with Crippen LogP contribution in [0.5, 0.6) is 5.75 Å². The second kappa shape index (κ2) is 7.01. The summed E-state index contributed by atoms with van der Waals surface area (Å²) in [6.45, 7) is 4.25. The third-order valence-electron chi connectivity index (χ3n) is 2.73. The fourth-order valence-corrected chi connectivity index (χ4v) is 1.85. The minimum absolute atomic E-state index is 0.117. The fourth-order valence-electron chi connectivity index (χ4n) is 1.85. The SMILES string of the molecule is C[C@H](CNC(=O)Cc1ccccc1O)C[C@H](C)O. The number of aliphatic hydroxyl groups excluding tert-OH is 1. The van der Waals surface area contributed by atoms with Gasteiger partial charge in [0, 0.05) is 12.1 Å². The number of para-hydroxylation sites is 1. The predicted octanol–water partition coefficient (Wildman–Crippen LogP) is 1.46. The molecule has 18 heavy (non-hydrogen) atoms. The van der Waals surface area contributed by atoms with E-state index in [1.807, 2.05) is 6.92 Å². The highest BCUT2D eigenvalue weighted by molar-refractivity contribution is 5.79. The number of rotatable bonds is 6. The van der Waals surface area contributed by atoms with Crippen molar-refractivity contribution in [3.05, 3.63) is 29.8 Å². The number of phenolic OH excluding ortho intramolecular Hbond substituents is 1. The first kappa shape index (κ1) is 14.5. The van der Waals surface area contributed by atoms with Gasteiger partial charge in [0.2, 0.25) is 5.91 Å². The molecule has 0 aliphatic carbocycles. The van der Waals surface area contributed by atoms with Gasteiger partial charge in [-0.2, -0.15) is 0 Å². The minimum Gasteiger partial charge on any atom is -0.508 e. The number of aromatic hydroxyl groups is 1. The Balaban J connectivity index is 2.36. The molecule has 0 saturated heterocycles. The molecule has 1 aromatic carbocycles. The van der Waals surface area contributed by atoms with Gasteiger partial charge in [0.15, 0.2) is 0 Å². The van der Waals surface area contributed by atoms with Crippen LogP contribution in [0, 0.1) is 5.92 Å². The number of amides is 1. The van der Waals surface area contributed by atoms with E-state index in [-0.39, 0.29) is 30.1 Å². The predicted molar refractivity (Wildman–Crippen MR) is 70.3 cm³/mol. The first-order valence-corrected chi connectivity index (χ1v) is 6.20. The molecule has 0 fully saturated rings. The topological polar surface area (TPSA) is 69.6 Å². The first-order chi connectivity index (χ1) is 8.49. The van der Waals surface area contributed by atoms with Gasteiger partial charge in [-0.05, 0) is 25.3 Å². The zero-order chi connectivity index (χ0) is 13.5. The third-order valence-corrected chi connectivity index (χ3v) is 2.73. The maximum Gasteiger partial charge on any atom is 0.224 e. The van der Waals surface area contributed by atoms with Crippen LogP contribution in [0.25, 0.3) is 0 Å². The van der Waals surface area contributed by atoms with E-state index in [9.17, 15) is 15.0 Å². The van der Waals surface area contributed by atoms with E-state index in [1.54, 1.807) is 31.2 Å². The van der Waals surface area contributed by atoms with Crippen LogP contribution < -0.4 is 5.32 Å². The summed E-state index contributed by atoms with van der Waals surface area (Å²) >= 11 is 0. The van der Waals surface area contributed by atoms with Gasteiger partial charge in [0.25, 0.3) is 0 Å². The molecule has 1 rings (SSSR count). The summed E-state index contributed by atoms with van der Waals surface area (Å²) in [6, 6.07) is 6.81. The Bertz CT molecular complexity index is 390. The molecule has 0 aliphatic heterocycles. The molecule has 0 aromatic heterocycles. The summed E-state index contributed by atoms with van der Waals surface area (Å²) in [7, 11) is 0. The zero-order valence-electron chi connectivity index (χ0n) is 10.9. The smallest absolute Gasteiger partial charge is 0.224 e. The number of benzene rings is 1. The number of nitrogens with one attached hydrogen (secondary N) is 1. The molecule has 0 bridgehead atoms. The van der Waals surface area contributed by atoms with Gasteiger partial charge in [0.1, 0.15) is 5.75 Å². The van der Waals surface area contributed by atoms with E-state index in [0.717, 1.165) is 0 Å². The number of carbonyl (C=O) groups is 1. The first-order valence-electron chi connectivity index (χ1n) is 6.20. The van der Waals surface area contributed by atoms with Gasteiger partial charge < -0.3 is 15.5 Å². The van der Waals surface area contributed by atoms with Crippen LogP contribution in [0.3, 0.4) is 0 Å². The summed E-state index contributed by atoms with van der Waals surface area (Å²) in [6.07, 6.45) is 0.486. The van der Waals surface area contributed by atoms with E-state index >= 15 is 0 Å². The number of aliphatic hydroxyl groups is 1. The Kier molecular flexibility index (Phi) is 5.65. The van der Waals surface area contributed by atoms with E-state index in [0.29, 0.717) is 18.5 Å². The van der Waals surface area contributed by atoms with E-state index < -0.39 is 0 Å². The van der Waals surface area contributed by atoms with E-state index in [1.165, 1.54) is 0 Å². The lowest BCUT2D eigenvalue weighted by Crippen LogP contribution is -2.30. The van der Waals surface area contributed by atoms with Gasteiger partial charge in [-0.1, -0.05) is 25.1 Å². The molecule has 0 saturated carbocycles. The Morgan fingerprint density at radius 3 is 2.61 bits per heavy atom. The molecule has 0 aliphatic rings. The van der Waals surface area contributed by atoms with E-state index in [2.05, 4.69) is 5.32 Å². The molecule has 4 nitrogen and oxygen atoms in total. The molecule has 4 heteroatoms.